The Morgan fingerprint density at radius 2 is 1.52 bits per heavy atom. The number of ether oxygens (including phenoxy) is 6. The van der Waals surface area contributed by atoms with Crippen molar-refractivity contribution in [1.82, 2.24) is 4.90 Å². The van der Waals surface area contributed by atoms with E-state index < -0.39 is 0 Å². The Bertz CT molecular complexity index is 963. The lowest BCUT2D eigenvalue weighted by molar-refractivity contribution is -0.137. The molecule has 0 saturated carbocycles. The second-order valence-electron chi connectivity index (χ2n) is 7.02. The molecule has 0 atom stereocenters. The van der Waals surface area contributed by atoms with Gasteiger partial charge in [-0.15, -0.1) is 0 Å². The molecule has 1 heterocycles. The molecule has 0 radical (unpaired) electrons. The standard InChI is InChI=1S/C23H28N2O8/c1-28-18-13-16(5-6-17(18)33-14-21(26)25-7-9-32-10-8-25)24-23(27)15-11-19(29-2)22(31-4)20(12-15)30-3/h5-6,11-13H,7-10,14H2,1-4H3,(H,24,27). The molecule has 3 rings (SSSR count). The van der Waals surface area contributed by atoms with Gasteiger partial charge in [0.15, 0.2) is 29.6 Å². The number of anilines is 1. The van der Waals surface area contributed by atoms with Gasteiger partial charge in [0.1, 0.15) is 0 Å². The van der Waals surface area contributed by atoms with Crippen molar-refractivity contribution in [1.29, 1.82) is 0 Å². The number of nitrogens with zero attached hydrogens (tertiary/aromatic N) is 1. The number of hydrogen-bond donors (Lipinski definition) is 1. The fourth-order valence-corrected chi connectivity index (χ4v) is 3.32. The van der Waals surface area contributed by atoms with Gasteiger partial charge in [-0.2, -0.15) is 0 Å². The Morgan fingerprint density at radius 1 is 0.879 bits per heavy atom. The molecule has 10 nitrogen and oxygen atoms in total. The highest BCUT2D eigenvalue weighted by Crippen LogP contribution is 2.38. The van der Waals surface area contributed by atoms with Crippen LogP contribution in [0.4, 0.5) is 5.69 Å². The van der Waals surface area contributed by atoms with Crippen LogP contribution < -0.4 is 29.0 Å². The van der Waals surface area contributed by atoms with E-state index in [1.165, 1.54) is 28.4 Å². The maximum absolute atomic E-state index is 12.8. The van der Waals surface area contributed by atoms with Crippen LogP contribution in [0.25, 0.3) is 0 Å². The Kier molecular flexibility index (Phi) is 8.20. The largest absolute Gasteiger partial charge is 0.493 e. The summed E-state index contributed by atoms with van der Waals surface area (Å²) in [5.74, 6) is 1.40. The van der Waals surface area contributed by atoms with Gasteiger partial charge in [0.05, 0.1) is 41.7 Å². The first-order chi connectivity index (χ1) is 16.0. The zero-order chi connectivity index (χ0) is 23.8. The minimum absolute atomic E-state index is 0.118. The van der Waals surface area contributed by atoms with Crippen LogP contribution in [-0.2, 0) is 9.53 Å². The molecule has 1 saturated heterocycles. The molecule has 1 fully saturated rings. The molecular formula is C23H28N2O8. The summed E-state index contributed by atoms with van der Waals surface area (Å²) in [6.07, 6.45) is 0. The number of benzene rings is 2. The summed E-state index contributed by atoms with van der Waals surface area (Å²) in [7, 11) is 5.93. The van der Waals surface area contributed by atoms with Gasteiger partial charge in [0.25, 0.3) is 11.8 Å². The van der Waals surface area contributed by atoms with Crippen molar-refractivity contribution in [2.45, 2.75) is 0 Å². The van der Waals surface area contributed by atoms with E-state index in [9.17, 15) is 9.59 Å². The van der Waals surface area contributed by atoms with Crippen molar-refractivity contribution in [2.24, 2.45) is 0 Å². The Hall–Kier alpha value is -3.66. The molecule has 1 N–H and O–H groups in total. The van der Waals surface area contributed by atoms with E-state index in [1.54, 1.807) is 35.2 Å². The zero-order valence-corrected chi connectivity index (χ0v) is 19.1. The second-order valence-corrected chi connectivity index (χ2v) is 7.02. The number of rotatable bonds is 9. The predicted molar refractivity (Wildman–Crippen MR) is 120 cm³/mol. The Labute approximate surface area is 192 Å². The third-order valence-corrected chi connectivity index (χ3v) is 5.06. The first-order valence-electron chi connectivity index (χ1n) is 10.3. The number of nitrogens with one attached hydrogen (secondary N) is 1. The Balaban J connectivity index is 1.70. The summed E-state index contributed by atoms with van der Waals surface area (Å²) in [6.45, 7) is 2.02. The van der Waals surface area contributed by atoms with E-state index in [-0.39, 0.29) is 18.4 Å². The van der Waals surface area contributed by atoms with Crippen LogP contribution in [0.1, 0.15) is 10.4 Å². The van der Waals surface area contributed by atoms with Crippen LogP contribution in [0.5, 0.6) is 28.7 Å². The van der Waals surface area contributed by atoms with Crippen molar-refractivity contribution in [3.63, 3.8) is 0 Å². The zero-order valence-electron chi connectivity index (χ0n) is 19.1. The fraction of sp³-hybridized carbons (Fsp3) is 0.391. The van der Waals surface area contributed by atoms with E-state index >= 15 is 0 Å². The summed E-state index contributed by atoms with van der Waals surface area (Å²) in [5.41, 5.74) is 0.803. The summed E-state index contributed by atoms with van der Waals surface area (Å²) in [4.78, 5) is 26.8. The van der Waals surface area contributed by atoms with Crippen LogP contribution in [0.15, 0.2) is 30.3 Å². The third-order valence-electron chi connectivity index (χ3n) is 5.06. The smallest absolute Gasteiger partial charge is 0.260 e. The average molecular weight is 460 g/mol. The Morgan fingerprint density at radius 3 is 2.09 bits per heavy atom. The molecule has 178 valence electrons. The number of morpholine rings is 1. The minimum Gasteiger partial charge on any atom is -0.493 e. The van der Waals surface area contributed by atoms with Gasteiger partial charge in [-0.05, 0) is 24.3 Å². The fourth-order valence-electron chi connectivity index (χ4n) is 3.32. The molecule has 33 heavy (non-hydrogen) atoms. The number of amides is 2. The first-order valence-corrected chi connectivity index (χ1v) is 10.3. The molecule has 0 bridgehead atoms. The van der Waals surface area contributed by atoms with E-state index in [0.29, 0.717) is 66.3 Å². The predicted octanol–water partition coefficient (Wildman–Crippen LogP) is 2.21. The van der Waals surface area contributed by atoms with Crippen LogP contribution in [0.3, 0.4) is 0 Å². The number of methoxy groups -OCH3 is 4. The van der Waals surface area contributed by atoms with E-state index in [0.717, 1.165) is 0 Å². The van der Waals surface area contributed by atoms with Crippen molar-refractivity contribution in [2.75, 3.05) is 66.7 Å². The van der Waals surface area contributed by atoms with Gasteiger partial charge in [0, 0.05) is 30.4 Å². The molecule has 0 unspecified atom stereocenters. The van der Waals surface area contributed by atoms with Crippen molar-refractivity contribution >= 4 is 17.5 Å². The third kappa shape index (κ3) is 5.78. The molecule has 2 aromatic carbocycles. The van der Waals surface area contributed by atoms with Gasteiger partial charge in [-0.3, -0.25) is 9.59 Å². The minimum atomic E-state index is -0.382. The highest BCUT2D eigenvalue weighted by molar-refractivity contribution is 6.05. The number of carbonyl (C=O) groups is 2. The molecule has 1 aliphatic heterocycles. The molecule has 2 amide bonds. The molecule has 1 aliphatic rings. The number of carbonyl (C=O) groups excluding carboxylic acids is 2. The number of hydrogen-bond acceptors (Lipinski definition) is 8. The summed E-state index contributed by atoms with van der Waals surface area (Å²) < 4.78 is 32.2. The normalized spacial score (nSPS) is 13.2. The SMILES string of the molecule is COc1cc(NC(=O)c2cc(OC)c(OC)c(OC)c2)ccc1OCC(=O)N1CCOCC1. The van der Waals surface area contributed by atoms with E-state index in [1.807, 2.05) is 0 Å². The lowest BCUT2D eigenvalue weighted by Crippen LogP contribution is -2.43. The molecule has 0 aromatic heterocycles. The maximum Gasteiger partial charge on any atom is 0.260 e. The molecular weight excluding hydrogens is 432 g/mol. The highest BCUT2D eigenvalue weighted by atomic mass is 16.5. The monoisotopic (exact) mass is 460 g/mol. The summed E-state index contributed by atoms with van der Waals surface area (Å²) in [5, 5.41) is 2.80. The van der Waals surface area contributed by atoms with Crippen molar-refractivity contribution < 1.29 is 38.0 Å². The molecule has 10 heteroatoms. The van der Waals surface area contributed by atoms with Crippen LogP contribution in [0.2, 0.25) is 0 Å². The molecule has 2 aromatic rings. The van der Waals surface area contributed by atoms with Crippen LogP contribution in [-0.4, -0.2) is 78.1 Å². The molecule has 0 spiro atoms. The van der Waals surface area contributed by atoms with Crippen LogP contribution in [0, 0.1) is 0 Å². The van der Waals surface area contributed by atoms with Gasteiger partial charge >= 0.3 is 0 Å². The first kappa shape index (κ1) is 24.0. The summed E-state index contributed by atoms with van der Waals surface area (Å²) >= 11 is 0. The van der Waals surface area contributed by atoms with Gasteiger partial charge < -0.3 is 38.6 Å². The van der Waals surface area contributed by atoms with Crippen molar-refractivity contribution in [3.05, 3.63) is 35.9 Å². The van der Waals surface area contributed by atoms with E-state index in [2.05, 4.69) is 5.32 Å². The summed E-state index contributed by atoms with van der Waals surface area (Å²) in [6, 6.07) is 8.03. The average Bonchev–Trinajstić information content (AvgIpc) is 2.86. The van der Waals surface area contributed by atoms with Gasteiger partial charge in [-0.1, -0.05) is 0 Å². The van der Waals surface area contributed by atoms with Gasteiger partial charge in [0.2, 0.25) is 5.75 Å². The second kappa shape index (κ2) is 11.3. The molecule has 0 aliphatic carbocycles. The topological polar surface area (TPSA) is 105 Å². The lowest BCUT2D eigenvalue weighted by Gasteiger charge is -2.26. The van der Waals surface area contributed by atoms with Crippen molar-refractivity contribution in [3.8, 4) is 28.7 Å². The van der Waals surface area contributed by atoms with Crippen LogP contribution >= 0.6 is 0 Å². The van der Waals surface area contributed by atoms with E-state index in [4.69, 9.17) is 28.4 Å². The quantitative estimate of drug-likeness (QED) is 0.607. The van der Waals surface area contributed by atoms with Gasteiger partial charge in [-0.25, -0.2) is 0 Å². The lowest BCUT2D eigenvalue weighted by atomic mass is 10.1. The maximum atomic E-state index is 12.8. The highest BCUT2D eigenvalue weighted by Gasteiger charge is 2.19.